The van der Waals surface area contributed by atoms with Crippen LogP contribution in [0, 0.1) is 0 Å². The summed E-state index contributed by atoms with van der Waals surface area (Å²) in [7, 11) is 1.60. The molecule has 0 aromatic heterocycles. The van der Waals surface area contributed by atoms with Gasteiger partial charge in [0.05, 0.1) is 0 Å². The summed E-state index contributed by atoms with van der Waals surface area (Å²) in [6.07, 6.45) is 1.44. The maximum atomic E-state index is 14.0. The molecule has 3 aliphatic rings. The number of hydrogen-bond donors (Lipinski definition) is 3. The van der Waals surface area contributed by atoms with Gasteiger partial charge in [0, 0.05) is 38.8 Å². The van der Waals surface area contributed by atoms with E-state index in [4.69, 9.17) is 14.2 Å². The zero-order chi connectivity index (χ0) is 33.0. The van der Waals surface area contributed by atoms with Crippen LogP contribution in [-0.4, -0.2) is 84.1 Å². The first kappa shape index (κ1) is 35.0. The number of aliphatic hydroxyl groups excluding tert-OH is 1. The van der Waals surface area contributed by atoms with Crippen LogP contribution >= 0.6 is 12.4 Å². The van der Waals surface area contributed by atoms with E-state index < -0.39 is 17.7 Å². The Labute approximate surface area is 286 Å². The molecule has 256 valence electrons. The fourth-order valence-corrected chi connectivity index (χ4v) is 6.58. The molecule has 0 unspecified atom stereocenters. The third kappa shape index (κ3) is 7.23. The van der Waals surface area contributed by atoms with E-state index in [0.717, 1.165) is 18.4 Å². The molecule has 2 atom stereocenters. The Morgan fingerprint density at radius 3 is 2.29 bits per heavy atom. The van der Waals surface area contributed by atoms with Gasteiger partial charge in [0.15, 0.2) is 11.5 Å². The van der Waals surface area contributed by atoms with Gasteiger partial charge in [0.1, 0.15) is 42.4 Å². The van der Waals surface area contributed by atoms with Crippen molar-refractivity contribution in [2.75, 3.05) is 39.9 Å². The molecule has 48 heavy (non-hydrogen) atoms. The van der Waals surface area contributed by atoms with Gasteiger partial charge in [0.25, 0.3) is 5.91 Å². The molecule has 2 fully saturated rings. The number of ether oxygens (including phenoxy) is 3. The zero-order valence-corrected chi connectivity index (χ0v) is 28.1. The molecule has 3 aliphatic heterocycles. The number of amides is 3. The van der Waals surface area contributed by atoms with Crippen LogP contribution < -0.4 is 24.8 Å². The second-order valence-corrected chi connectivity index (χ2v) is 12.3. The van der Waals surface area contributed by atoms with Gasteiger partial charge < -0.3 is 34.9 Å². The van der Waals surface area contributed by atoms with E-state index in [1.807, 2.05) is 24.3 Å². The number of carbonyl (C=O) groups excluding carboxylic acids is 3. The summed E-state index contributed by atoms with van der Waals surface area (Å²) in [6.45, 7) is 5.38. The Morgan fingerprint density at radius 2 is 1.65 bits per heavy atom. The van der Waals surface area contributed by atoms with Crippen molar-refractivity contribution < 1.29 is 33.7 Å². The molecule has 1 spiro atoms. The summed E-state index contributed by atoms with van der Waals surface area (Å²) in [5.74, 6) is 1.83. The lowest BCUT2D eigenvalue weighted by Gasteiger charge is -2.52. The summed E-state index contributed by atoms with van der Waals surface area (Å²) >= 11 is 0. The van der Waals surface area contributed by atoms with Crippen molar-refractivity contribution in [3.05, 3.63) is 83.4 Å². The number of benzene rings is 3. The van der Waals surface area contributed by atoms with Crippen molar-refractivity contribution in [3.63, 3.8) is 0 Å². The quantitative estimate of drug-likeness (QED) is 0.291. The monoisotopic (exact) mass is 678 g/mol. The molecule has 0 aliphatic carbocycles. The van der Waals surface area contributed by atoms with Gasteiger partial charge in [-0.05, 0) is 78.9 Å². The summed E-state index contributed by atoms with van der Waals surface area (Å²) < 4.78 is 17.2. The van der Waals surface area contributed by atoms with E-state index >= 15 is 0 Å². The van der Waals surface area contributed by atoms with Crippen molar-refractivity contribution in [1.29, 1.82) is 0 Å². The van der Waals surface area contributed by atoms with Crippen molar-refractivity contribution in [1.82, 2.24) is 20.4 Å². The average molecular weight is 679 g/mol. The number of likely N-dealkylation sites (tertiary alicyclic amines) is 1. The van der Waals surface area contributed by atoms with Crippen molar-refractivity contribution in [2.24, 2.45) is 0 Å². The first-order valence-electron chi connectivity index (χ1n) is 16.3. The van der Waals surface area contributed by atoms with E-state index in [1.165, 1.54) is 0 Å². The van der Waals surface area contributed by atoms with Crippen molar-refractivity contribution in [2.45, 2.75) is 56.8 Å². The number of nitrogens with one attached hydrogen (secondary N) is 2. The fraction of sp³-hybridized carbons (Fsp3) is 0.417. The maximum absolute atomic E-state index is 14.0. The van der Waals surface area contributed by atoms with Crippen LogP contribution in [0.2, 0.25) is 0 Å². The molecule has 3 amide bonds. The van der Waals surface area contributed by atoms with Gasteiger partial charge in [-0.2, -0.15) is 0 Å². The van der Waals surface area contributed by atoms with Crippen LogP contribution in [0.15, 0.2) is 66.7 Å². The molecule has 3 N–H and O–H groups in total. The number of carbonyl (C=O) groups is 3. The summed E-state index contributed by atoms with van der Waals surface area (Å²) in [5, 5.41) is 16.8. The molecule has 12 heteroatoms. The smallest absolute Gasteiger partial charge is 0.251 e. The third-order valence-electron chi connectivity index (χ3n) is 9.31. The highest BCUT2D eigenvalue weighted by Crippen LogP contribution is 2.38. The number of aliphatic hydroxyl groups is 1. The summed E-state index contributed by atoms with van der Waals surface area (Å²) in [4.78, 5) is 43.7. The summed E-state index contributed by atoms with van der Waals surface area (Å²) in [6, 6.07) is 18.9. The number of rotatable bonds is 10. The van der Waals surface area contributed by atoms with Crippen LogP contribution in [0.3, 0.4) is 0 Å². The standard InChI is InChI=1S/C36H42N4O7.ClH/c1-3-4-17-40-34(43)31(32(41)26-9-14-29-30(22-26)46-21-20-45-29)38-35(44)36(40)15-18-39(19-16-36)23-24-5-10-27(11-6-24)47-28-12-7-25(8-13-28)33(42)37-2;/h5-14,22,31-32,41H,3-4,15-21,23H2,1-2H3,(H,37,42)(H,38,44);1H/t31-,32-;/m1./s1. The molecule has 2 saturated heterocycles. The second kappa shape index (κ2) is 15.3. The molecule has 0 radical (unpaired) electrons. The highest BCUT2D eigenvalue weighted by molar-refractivity contribution is 6.00. The van der Waals surface area contributed by atoms with Gasteiger partial charge >= 0.3 is 0 Å². The number of halogens is 1. The van der Waals surface area contributed by atoms with Gasteiger partial charge in [0.2, 0.25) is 11.8 Å². The first-order valence-corrected chi connectivity index (χ1v) is 16.3. The number of unbranched alkanes of at least 4 members (excludes halogenated alkanes) is 1. The fourth-order valence-electron chi connectivity index (χ4n) is 6.58. The molecule has 3 heterocycles. The van der Waals surface area contributed by atoms with E-state index in [1.54, 1.807) is 54.4 Å². The van der Waals surface area contributed by atoms with Crippen LogP contribution in [-0.2, 0) is 16.1 Å². The summed E-state index contributed by atoms with van der Waals surface area (Å²) in [5.41, 5.74) is 1.22. The number of piperidine rings is 1. The van der Waals surface area contributed by atoms with Gasteiger partial charge in [-0.25, -0.2) is 0 Å². The number of hydrogen-bond acceptors (Lipinski definition) is 8. The number of piperazine rings is 1. The Bertz CT molecular complexity index is 1590. The Kier molecular flexibility index (Phi) is 11.1. The van der Waals surface area contributed by atoms with Crippen molar-refractivity contribution >= 4 is 30.1 Å². The lowest BCUT2D eigenvalue weighted by atomic mass is 9.80. The van der Waals surface area contributed by atoms with Gasteiger partial charge in [-0.15, -0.1) is 12.4 Å². The molecular formula is C36H43ClN4O7. The van der Waals surface area contributed by atoms with Crippen LogP contribution in [0.25, 0.3) is 0 Å². The molecular weight excluding hydrogens is 636 g/mol. The van der Waals surface area contributed by atoms with Crippen LogP contribution in [0.4, 0.5) is 0 Å². The highest BCUT2D eigenvalue weighted by atomic mass is 35.5. The maximum Gasteiger partial charge on any atom is 0.251 e. The zero-order valence-electron chi connectivity index (χ0n) is 27.3. The number of nitrogens with zero attached hydrogens (tertiary/aromatic N) is 2. The number of fused-ring (bicyclic) bond motifs is 1. The molecule has 11 nitrogen and oxygen atoms in total. The average Bonchev–Trinajstić information content (AvgIpc) is 3.11. The van der Waals surface area contributed by atoms with Gasteiger partial charge in [-0.3, -0.25) is 19.3 Å². The lowest BCUT2D eigenvalue weighted by molar-refractivity contribution is -0.164. The first-order chi connectivity index (χ1) is 22.8. The van der Waals surface area contributed by atoms with Crippen LogP contribution in [0.5, 0.6) is 23.0 Å². The van der Waals surface area contributed by atoms with E-state index in [-0.39, 0.29) is 30.1 Å². The molecule has 0 bridgehead atoms. The van der Waals surface area contributed by atoms with Crippen LogP contribution in [0.1, 0.15) is 60.2 Å². The highest BCUT2D eigenvalue weighted by Gasteiger charge is 2.54. The molecule has 6 rings (SSSR count). The van der Waals surface area contributed by atoms with E-state index in [0.29, 0.717) is 86.4 Å². The Morgan fingerprint density at radius 1 is 1.00 bits per heavy atom. The minimum Gasteiger partial charge on any atom is -0.486 e. The van der Waals surface area contributed by atoms with E-state index in [2.05, 4.69) is 22.5 Å². The molecule has 3 aromatic rings. The third-order valence-corrected chi connectivity index (χ3v) is 9.31. The lowest BCUT2D eigenvalue weighted by Crippen LogP contribution is -2.73. The normalized spacial score (nSPS) is 19.2. The second-order valence-electron chi connectivity index (χ2n) is 12.3. The topological polar surface area (TPSA) is 130 Å². The molecule has 3 aromatic carbocycles. The van der Waals surface area contributed by atoms with E-state index in [9.17, 15) is 19.5 Å². The predicted molar refractivity (Wildman–Crippen MR) is 182 cm³/mol. The predicted octanol–water partition coefficient (Wildman–Crippen LogP) is 4.23. The minimum absolute atomic E-state index is 0. The Balaban J connectivity index is 0.00000451. The van der Waals surface area contributed by atoms with Gasteiger partial charge in [-0.1, -0.05) is 31.5 Å². The Hall–Kier alpha value is -4.32. The van der Waals surface area contributed by atoms with Crippen molar-refractivity contribution in [3.8, 4) is 23.0 Å². The molecule has 0 saturated carbocycles. The minimum atomic E-state index is -1.22. The SMILES string of the molecule is CCCCN1C(=O)[C@@H]([C@H](O)c2ccc3c(c2)OCCO3)NC(=O)C12CCN(Cc1ccc(Oc3ccc(C(=O)NC)cc3)cc1)CC2.Cl. The largest absolute Gasteiger partial charge is 0.486 e.